The summed E-state index contributed by atoms with van der Waals surface area (Å²) >= 11 is 0. The molecule has 0 aromatic heterocycles. The smallest absolute Gasteiger partial charge is 0.243 e. The summed E-state index contributed by atoms with van der Waals surface area (Å²) in [5.74, 6) is 0.0229. The van der Waals surface area contributed by atoms with Gasteiger partial charge in [0, 0.05) is 44.8 Å². The molecule has 0 bridgehead atoms. The van der Waals surface area contributed by atoms with Crippen molar-refractivity contribution in [1.82, 2.24) is 4.31 Å². The third-order valence-corrected chi connectivity index (χ3v) is 6.69. The molecular formula is C19H26ClN3O2S. The Hall–Kier alpha value is -1.60. The van der Waals surface area contributed by atoms with E-state index in [0.717, 1.165) is 16.8 Å². The molecule has 1 aliphatic rings. The summed E-state index contributed by atoms with van der Waals surface area (Å²) in [4.78, 5) is 2.25. The van der Waals surface area contributed by atoms with Gasteiger partial charge in [0.05, 0.1) is 4.90 Å². The van der Waals surface area contributed by atoms with E-state index >= 15 is 0 Å². The second-order valence-corrected chi connectivity index (χ2v) is 8.78. The predicted molar refractivity (Wildman–Crippen MR) is 109 cm³/mol. The fourth-order valence-corrected chi connectivity index (χ4v) is 4.95. The van der Waals surface area contributed by atoms with Gasteiger partial charge in [-0.05, 0) is 30.2 Å². The molecule has 5 nitrogen and oxygen atoms in total. The van der Waals surface area contributed by atoms with E-state index in [1.54, 1.807) is 12.1 Å². The average molecular weight is 396 g/mol. The van der Waals surface area contributed by atoms with Crippen LogP contribution in [0.1, 0.15) is 17.0 Å². The average Bonchev–Trinajstić information content (AvgIpc) is 2.98. The number of hydrogen-bond acceptors (Lipinski definition) is 4. The first-order valence-electron chi connectivity index (χ1n) is 8.39. The van der Waals surface area contributed by atoms with Crippen molar-refractivity contribution in [2.45, 2.75) is 23.8 Å². The van der Waals surface area contributed by atoms with Crippen LogP contribution >= 0.6 is 12.4 Å². The van der Waals surface area contributed by atoms with Gasteiger partial charge in [0.2, 0.25) is 10.0 Å². The lowest BCUT2D eigenvalue weighted by Gasteiger charge is -2.20. The number of sulfonamides is 1. The largest absolute Gasteiger partial charge is 0.377 e. The van der Waals surface area contributed by atoms with Crippen molar-refractivity contribution in [3.63, 3.8) is 0 Å². The molecule has 0 aliphatic carbocycles. The number of rotatable bonds is 4. The van der Waals surface area contributed by atoms with Gasteiger partial charge in [-0.2, -0.15) is 4.31 Å². The minimum absolute atomic E-state index is 0. The van der Waals surface area contributed by atoms with Crippen LogP contribution in [0.5, 0.6) is 0 Å². The first kappa shape index (κ1) is 20.7. The zero-order chi connectivity index (χ0) is 18.2. The Labute approximate surface area is 162 Å². The van der Waals surface area contributed by atoms with E-state index in [1.807, 2.05) is 62.3 Å². The maximum Gasteiger partial charge on any atom is 0.243 e. The molecule has 2 N–H and O–H groups in total. The fraction of sp³-hybridized carbons (Fsp3) is 0.368. The topological polar surface area (TPSA) is 66.6 Å². The van der Waals surface area contributed by atoms with Crippen molar-refractivity contribution in [3.8, 4) is 0 Å². The van der Waals surface area contributed by atoms with E-state index in [2.05, 4.69) is 0 Å². The monoisotopic (exact) mass is 395 g/mol. The molecular weight excluding hydrogens is 370 g/mol. The fourth-order valence-electron chi connectivity index (χ4n) is 3.42. The molecule has 1 aliphatic heterocycles. The minimum Gasteiger partial charge on any atom is -0.377 e. The van der Waals surface area contributed by atoms with Crippen LogP contribution in [0.25, 0.3) is 0 Å². The predicted octanol–water partition coefficient (Wildman–Crippen LogP) is 2.60. The number of halogens is 1. The van der Waals surface area contributed by atoms with Crippen molar-refractivity contribution in [1.29, 1.82) is 0 Å². The first-order valence-corrected chi connectivity index (χ1v) is 9.83. The van der Waals surface area contributed by atoms with Gasteiger partial charge in [0.1, 0.15) is 0 Å². The van der Waals surface area contributed by atoms with Crippen LogP contribution in [0, 0.1) is 6.92 Å². The van der Waals surface area contributed by atoms with Gasteiger partial charge in [-0.1, -0.05) is 36.4 Å². The molecule has 2 atom stereocenters. The van der Waals surface area contributed by atoms with Crippen molar-refractivity contribution in [2.24, 2.45) is 5.73 Å². The third kappa shape index (κ3) is 3.88. The molecule has 26 heavy (non-hydrogen) atoms. The third-order valence-electron chi connectivity index (χ3n) is 4.86. The van der Waals surface area contributed by atoms with E-state index in [-0.39, 0.29) is 24.4 Å². The number of nitrogens with zero attached hydrogens (tertiary/aromatic N) is 2. The maximum atomic E-state index is 13.1. The number of aryl methyl sites for hydroxylation is 1. The first-order chi connectivity index (χ1) is 11.8. The van der Waals surface area contributed by atoms with Crippen molar-refractivity contribution < 1.29 is 8.42 Å². The Morgan fingerprint density at radius 3 is 2.35 bits per heavy atom. The zero-order valence-corrected chi connectivity index (χ0v) is 16.9. The summed E-state index contributed by atoms with van der Waals surface area (Å²) in [5, 5.41) is 0. The van der Waals surface area contributed by atoms with Crippen LogP contribution in [0.4, 0.5) is 5.69 Å². The number of benzene rings is 2. The summed E-state index contributed by atoms with van der Waals surface area (Å²) in [7, 11) is 0.267. The second-order valence-electron chi connectivity index (χ2n) is 6.85. The SMILES string of the molecule is Cc1ccc(S(=O)(=O)N2C[C@@H](N)[C@H](c3ccccc3)C2)cc1N(C)C.Cl. The van der Waals surface area contributed by atoms with Crippen LogP contribution < -0.4 is 10.6 Å². The van der Waals surface area contributed by atoms with Gasteiger partial charge in [0.15, 0.2) is 0 Å². The van der Waals surface area contributed by atoms with Crippen molar-refractivity contribution >= 4 is 28.1 Å². The quantitative estimate of drug-likeness (QED) is 0.864. The highest BCUT2D eigenvalue weighted by atomic mass is 35.5. The van der Waals surface area contributed by atoms with Gasteiger partial charge < -0.3 is 10.6 Å². The molecule has 0 unspecified atom stereocenters. The van der Waals surface area contributed by atoms with Crippen molar-refractivity contribution in [3.05, 3.63) is 59.7 Å². The highest BCUT2D eigenvalue weighted by Crippen LogP contribution is 2.32. The summed E-state index contributed by atoms with van der Waals surface area (Å²) in [5.41, 5.74) is 9.30. The molecule has 0 amide bonds. The van der Waals surface area contributed by atoms with Crippen LogP contribution in [-0.2, 0) is 10.0 Å². The van der Waals surface area contributed by atoms with Crippen LogP contribution in [0.2, 0.25) is 0 Å². The molecule has 1 saturated heterocycles. The number of anilines is 1. The minimum atomic E-state index is -3.56. The van der Waals surface area contributed by atoms with Gasteiger partial charge >= 0.3 is 0 Å². The maximum absolute atomic E-state index is 13.1. The highest BCUT2D eigenvalue weighted by Gasteiger charge is 2.38. The Balaban J connectivity index is 0.00000243. The molecule has 0 spiro atoms. The molecule has 1 heterocycles. The molecule has 1 fully saturated rings. The van der Waals surface area contributed by atoms with Crippen LogP contribution in [0.15, 0.2) is 53.4 Å². The molecule has 0 saturated carbocycles. The van der Waals surface area contributed by atoms with E-state index in [0.29, 0.717) is 18.0 Å². The summed E-state index contributed by atoms with van der Waals surface area (Å²) in [6, 6.07) is 15.0. The Kier molecular flexibility index (Phi) is 6.34. The molecule has 2 aromatic carbocycles. The molecule has 142 valence electrons. The lowest BCUT2D eigenvalue weighted by molar-refractivity contribution is 0.470. The standard InChI is InChI=1S/C19H25N3O2S.ClH/c1-14-9-10-16(11-19(14)21(2)3)25(23,24)22-12-17(18(20)13-22)15-7-5-4-6-8-15;/h4-11,17-18H,12-13,20H2,1-3H3;1H/t17-,18+;/m0./s1. The van der Waals surface area contributed by atoms with Gasteiger partial charge in [-0.25, -0.2) is 8.42 Å². The molecule has 2 aromatic rings. The molecule has 0 radical (unpaired) electrons. The highest BCUT2D eigenvalue weighted by molar-refractivity contribution is 7.89. The number of hydrogen-bond donors (Lipinski definition) is 1. The van der Waals surface area contributed by atoms with Gasteiger partial charge in [-0.3, -0.25) is 0 Å². The normalized spacial score (nSPS) is 20.6. The van der Waals surface area contributed by atoms with E-state index < -0.39 is 10.0 Å². The zero-order valence-electron chi connectivity index (χ0n) is 15.3. The van der Waals surface area contributed by atoms with E-state index in [1.165, 1.54) is 4.31 Å². The summed E-state index contributed by atoms with van der Waals surface area (Å²) in [6.07, 6.45) is 0. The molecule has 3 rings (SSSR count). The van der Waals surface area contributed by atoms with Gasteiger partial charge in [-0.15, -0.1) is 12.4 Å². The lowest BCUT2D eigenvalue weighted by atomic mass is 9.95. The van der Waals surface area contributed by atoms with Gasteiger partial charge in [0.25, 0.3) is 0 Å². The second kappa shape index (κ2) is 7.96. The summed E-state index contributed by atoms with van der Waals surface area (Å²) in [6.45, 7) is 2.73. The number of nitrogens with two attached hydrogens (primary N) is 1. The van der Waals surface area contributed by atoms with Crippen LogP contribution in [0.3, 0.4) is 0 Å². The van der Waals surface area contributed by atoms with E-state index in [4.69, 9.17) is 5.73 Å². The van der Waals surface area contributed by atoms with Crippen LogP contribution in [-0.4, -0.2) is 45.9 Å². The summed E-state index contributed by atoms with van der Waals surface area (Å²) < 4.78 is 27.7. The Morgan fingerprint density at radius 2 is 1.73 bits per heavy atom. The Bertz CT molecular complexity index is 856. The van der Waals surface area contributed by atoms with Crippen molar-refractivity contribution in [2.75, 3.05) is 32.1 Å². The Morgan fingerprint density at radius 1 is 1.08 bits per heavy atom. The lowest BCUT2D eigenvalue weighted by Crippen LogP contribution is -2.32. The van der Waals surface area contributed by atoms with E-state index in [9.17, 15) is 8.42 Å². The molecule has 7 heteroatoms.